The van der Waals surface area contributed by atoms with Crippen molar-refractivity contribution in [1.29, 1.82) is 0 Å². The highest BCUT2D eigenvalue weighted by Gasteiger charge is 2.27. The molecule has 0 bridgehead atoms. The van der Waals surface area contributed by atoms with Gasteiger partial charge in [-0.1, -0.05) is 0 Å². The Hall–Kier alpha value is -0.470. The number of hydrogen-bond donors (Lipinski definition) is 3. The number of alkyl halides is 3. The molecule has 0 amide bonds. The molecule has 0 saturated carbocycles. The lowest BCUT2D eigenvalue weighted by atomic mass is 10.3. The number of thioether (sulfide) groups is 1. The summed E-state index contributed by atoms with van der Waals surface area (Å²) in [5.74, 6) is -1.34. The Bertz CT molecular complexity index is 188. The van der Waals surface area contributed by atoms with Crippen LogP contribution in [0.15, 0.2) is 0 Å². The Morgan fingerprint density at radius 3 is 2.57 bits per heavy atom. The molecular formula is C6H11F3N2O2S. The summed E-state index contributed by atoms with van der Waals surface area (Å²) in [6.07, 6.45) is 0. The maximum Gasteiger partial charge on any atom is 0.441 e. The van der Waals surface area contributed by atoms with Crippen LogP contribution in [0.2, 0.25) is 0 Å². The van der Waals surface area contributed by atoms with E-state index in [0.717, 1.165) is 0 Å². The summed E-state index contributed by atoms with van der Waals surface area (Å²) < 4.78 is 34.8. The number of hydrogen-bond acceptors (Lipinski definition) is 4. The van der Waals surface area contributed by atoms with E-state index >= 15 is 0 Å². The minimum atomic E-state index is -4.24. The van der Waals surface area contributed by atoms with Gasteiger partial charge in [0.25, 0.3) is 0 Å². The van der Waals surface area contributed by atoms with E-state index in [0.29, 0.717) is 0 Å². The number of nitrogens with two attached hydrogens (primary N) is 1. The van der Waals surface area contributed by atoms with Crippen molar-refractivity contribution in [2.24, 2.45) is 5.73 Å². The second kappa shape index (κ2) is 6.10. The highest BCUT2D eigenvalue weighted by molar-refractivity contribution is 8.00. The van der Waals surface area contributed by atoms with E-state index in [2.05, 4.69) is 5.32 Å². The van der Waals surface area contributed by atoms with Crippen molar-refractivity contribution < 1.29 is 23.1 Å². The minimum Gasteiger partial charge on any atom is -0.480 e. The van der Waals surface area contributed by atoms with Crippen LogP contribution in [0, 0.1) is 0 Å². The summed E-state index contributed by atoms with van der Waals surface area (Å²) in [6, 6.07) is -1.08. The molecular weight excluding hydrogens is 221 g/mol. The number of carboxylic acids is 1. The molecule has 0 aliphatic heterocycles. The van der Waals surface area contributed by atoms with Gasteiger partial charge in [-0.15, -0.1) is 0 Å². The van der Waals surface area contributed by atoms with Gasteiger partial charge >= 0.3 is 11.5 Å². The van der Waals surface area contributed by atoms with Gasteiger partial charge < -0.3 is 16.2 Å². The third-order valence-electron chi connectivity index (χ3n) is 1.23. The van der Waals surface area contributed by atoms with Gasteiger partial charge in [0, 0.05) is 18.8 Å². The Morgan fingerprint density at radius 2 is 2.14 bits per heavy atom. The summed E-state index contributed by atoms with van der Waals surface area (Å²) in [5, 5.41) is 10.8. The predicted molar refractivity (Wildman–Crippen MR) is 47.0 cm³/mol. The van der Waals surface area contributed by atoms with Crippen LogP contribution in [0.25, 0.3) is 0 Å². The molecule has 4 N–H and O–H groups in total. The van der Waals surface area contributed by atoms with Crippen molar-refractivity contribution in [1.82, 2.24) is 5.32 Å². The number of aliphatic carboxylic acids is 1. The smallest absolute Gasteiger partial charge is 0.441 e. The van der Waals surface area contributed by atoms with E-state index in [1.165, 1.54) is 0 Å². The number of nitrogens with one attached hydrogen (secondary N) is 1. The summed E-state index contributed by atoms with van der Waals surface area (Å²) in [5.41, 5.74) is 0.854. The second-order valence-corrected chi connectivity index (χ2v) is 3.60. The second-order valence-electron chi connectivity index (χ2n) is 2.44. The Kier molecular flexibility index (Phi) is 5.89. The average molecular weight is 232 g/mol. The molecule has 84 valence electrons. The predicted octanol–water partition coefficient (Wildman–Crippen LogP) is 0.241. The Labute approximate surface area is 83.0 Å². The zero-order valence-electron chi connectivity index (χ0n) is 7.17. The molecule has 0 saturated heterocycles. The van der Waals surface area contributed by atoms with Crippen molar-refractivity contribution in [3.05, 3.63) is 0 Å². The molecule has 1 atom stereocenters. The topological polar surface area (TPSA) is 75.3 Å². The fraction of sp³-hybridized carbons (Fsp3) is 0.833. The quantitative estimate of drug-likeness (QED) is 0.572. The molecule has 14 heavy (non-hydrogen) atoms. The zero-order chi connectivity index (χ0) is 11.2. The first-order valence-electron chi connectivity index (χ1n) is 3.72. The molecule has 8 heteroatoms. The summed E-state index contributed by atoms with van der Waals surface area (Å²) >= 11 is -0.157. The van der Waals surface area contributed by atoms with E-state index in [9.17, 15) is 18.0 Å². The van der Waals surface area contributed by atoms with E-state index in [-0.39, 0.29) is 30.6 Å². The van der Waals surface area contributed by atoms with Gasteiger partial charge in [0.05, 0.1) is 0 Å². The molecule has 0 aliphatic carbocycles. The minimum absolute atomic E-state index is 0.0340. The lowest BCUT2D eigenvalue weighted by molar-refractivity contribution is -0.138. The van der Waals surface area contributed by atoms with Crippen LogP contribution in [0.4, 0.5) is 13.2 Å². The zero-order valence-corrected chi connectivity index (χ0v) is 7.99. The van der Waals surface area contributed by atoms with Gasteiger partial charge in [-0.25, -0.2) is 0 Å². The first-order valence-corrected chi connectivity index (χ1v) is 4.71. The standard InChI is InChI=1S/C6H11F3N2O2S/c7-6(8,9)14-2-1-11-3-4(10)5(12)13/h4,11H,1-3,10H2,(H,12,13). The van der Waals surface area contributed by atoms with Gasteiger partial charge in [-0.05, 0) is 11.8 Å². The molecule has 0 aliphatic rings. The van der Waals surface area contributed by atoms with Crippen LogP contribution in [0.5, 0.6) is 0 Å². The normalized spacial score (nSPS) is 14.0. The van der Waals surface area contributed by atoms with Crippen molar-refractivity contribution in [3.63, 3.8) is 0 Å². The summed E-state index contributed by atoms with van der Waals surface area (Å²) in [6.45, 7) is 0.0406. The third kappa shape index (κ3) is 8.14. The van der Waals surface area contributed by atoms with Crippen LogP contribution in [-0.4, -0.2) is 41.5 Å². The first kappa shape index (κ1) is 13.5. The molecule has 0 aromatic rings. The maximum absolute atomic E-state index is 11.6. The number of carbonyl (C=O) groups is 1. The lowest BCUT2D eigenvalue weighted by Crippen LogP contribution is -2.40. The van der Waals surface area contributed by atoms with E-state index in [1.807, 2.05) is 0 Å². The van der Waals surface area contributed by atoms with Crippen molar-refractivity contribution in [2.45, 2.75) is 11.6 Å². The van der Waals surface area contributed by atoms with Gasteiger partial charge in [-0.2, -0.15) is 13.2 Å². The third-order valence-corrected chi connectivity index (χ3v) is 1.96. The number of rotatable bonds is 6. The fourth-order valence-corrected chi connectivity index (χ4v) is 1.06. The molecule has 0 radical (unpaired) electrons. The SMILES string of the molecule is NC(CNCCSC(F)(F)F)C(=O)O. The molecule has 0 spiro atoms. The van der Waals surface area contributed by atoms with Gasteiger partial charge in [0.2, 0.25) is 0 Å². The van der Waals surface area contributed by atoms with Crippen LogP contribution in [0.1, 0.15) is 0 Å². The molecule has 0 aromatic carbocycles. The van der Waals surface area contributed by atoms with Gasteiger partial charge in [-0.3, -0.25) is 4.79 Å². The van der Waals surface area contributed by atoms with Crippen LogP contribution in [-0.2, 0) is 4.79 Å². The van der Waals surface area contributed by atoms with Crippen molar-refractivity contribution >= 4 is 17.7 Å². The van der Waals surface area contributed by atoms with Gasteiger partial charge in [0.1, 0.15) is 6.04 Å². The fourth-order valence-electron chi connectivity index (χ4n) is 0.584. The number of carboxylic acid groups (broad SMARTS) is 1. The Morgan fingerprint density at radius 1 is 1.57 bits per heavy atom. The average Bonchev–Trinajstić information content (AvgIpc) is 2.01. The molecule has 4 nitrogen and oxygen atoms in total. The molecule has 0 heterocycles. The van der Waals surface area contributed by atoms with E-state index < -0.39 is 17.5 Å². The number of halogens is 3. The van der Waals surface area contributed by atoms with Gasteiger partial charge in [0.15, 0.2) is 0 Å². The van der Waals surface area contributed by atoms with Crippen molar-refractivity contribution in [3.8, 4) is 0 Å². The van der Waals surface area contributed by atoms with Crippen LogP contribution < -0.4 is 11.1 Å². The summed E-state index contributed by atoms with van der Waals surface area (Å²) in [4.78, 5) is 10.2. The highest BCUT2D eigenvalue weighted by Crippen LogP contribution is 2.29. The molecule has 0 rings (SSSR count). The lowest BCUT2D eigenvalue weighted by Gasteiger charge is -2.08. The molecule has 1 unspecified atom stereocenters. The summed E-state index contributed by atoms with van der Waals surface area (Å²) in [7, 11) is 0. The maximum atomic E-state index is 11.6. The van der Waals surface area contributed by atoms with E-state index in [1.54, 1.807) is 0 Å². The van der Waals surface area contributed by atoms with Crippen LogP contribution >= 0.6 is 11.8 Å². The first-order chi connectivity index (χ1) is 6.33. The highest BCUT2D eigenvalue weighted by atomic mass is 32.2. The Balaban J connectivity index is 3.35. The molecule has 0 fully saturated rings. The van der Waals surface area contributed by atoms with Crippen molar-refractivity contribution in [2.75, 3.05) is 18.8 Å². The van der Waals surface area contributed by atoms with E-state index in [4.69, 9.17) is 10.8 Å². The monoisotopic (exact) mass is 232 g/mol. The largest absolute Gasteiger partial charge is 0.480 e. The molecule has 0 aromatic heterocycles. The van der Waals surface area contributed by atoms with Crippen LogP contribution in [0.3, 0.4) is 0 Å².